The number of amides is 1. The predicted octanol–water partition coefficient (Wildman–Crippen LogP) is 3.69. The molecule has 4 N–H and O–H groups in total. The lowest BCUT2D eigenvalue weighted by atomic mass is 10.2. The Kier molecular flexibility index (Phi) is 9.64. The van der Waals surface area contributed by atoms with E-state index in [0.29, 0.717) is 38.9 Å². The summed E-state index contributed by atoms with van der Waals surface area (Å²) in [5, 5.41) is 7.27. The number of hydrogen-bond acceptors (Lipinski definition) is 10. The third kappa shape index (κ3) is 7.83. The molecule has 1 fully saturated rings. The van der Waals surface area contributed by atoms with Crippen LogP contribution in [0, 0.1) is 13.8 Å². The molecule has 198 valence electrons. The van der Waals surface area contributed by atoms with Crippen molar-refractivity contribution in [3.05, 3.63) is 51.7 Å². The number of carbonyl (C=O) groups is 1. The average Bonchev–Trinajstić information content (AvgIpc) is 3.35. The van der Waals surface area contributed by atoms with Gasteiger partial charge in [0.05, 0.1) is 12.8 Å². The van der Waals surface area contributed by atoms with Gasteiger partial charge in [0.1, 0.15) is 22.3 Å². The molecule has 0 radical (unpaired) electrons. The van der Waals surface area contributed by atoms with Gasteiger partial charge < -0.3 is 26.0 Å². The third-order valence-electron chi connectivity index (χ3n) is 5.96. The lowest BCUT2D eigenvalue weighted by Crippen LogP contribution is -2.47. The van der Waals surface area contributed by atoms with Gasteiger partial charge in [0.2, 0.25) is 0 Å². The summed E-state index contributed by atoms with van der Waals surface area (Å²) in [4.78, 5) is 31.3. The largest absolute Gasteiger partial charge is 0.380 e. The number of carbonyl (C=O) groups excluding carboxylic acids is 1. The van der Waals surface area contributed by atoms with Crippen LogP contribution in [0.5, 0.6) is 0 Å². The molecule has 0 aliphatic carbocycles. The summed E-state index contributed by atoms with van der Waals surface area (Å²) in [6, 6.07) is 7.35. The molecule has 1 saturated heterocycles. The SMILES string of the molecule is Cc1nc(Nc2ncc(C(=O)Nc3ccc(C)c(Cl)c3)s2)cc(N2CCN(CCOCCCN)CC2)n1. The second-order valence-corrected chi connectivity index (χ2v) is 10.3. The van der Waals surface area contributed by atoms with Crippen LogP contribution in [0.2, 0.25) is 5.02 Å². The van der Waals surface area contributed by atoms with E-state index in [9.17, 15) is 4.79 Å². The molecule has 1 aliphatic rings. The quantitative estimate of drug-likeness (QED) is 0.310. The number of anilines is 4. The highest BCUT2D eigenvalue weighted by atomic mass is 35.5. The van der Waals surface area contributed by atoms with Crippen LogP contribution < -0.4 is 21.3 Å². The Balaban J connectivity index is 1.32. The molecule has 0 unspecified atom stereocenters. The van der Waals surface area contributed by atoms with Gasteiger partial charge in [-0.1, -0.05) is 29.0 Å². The van der Waals surface area contributed by atoms with Crippen molar-refractivity contribution in [3.63, 3.8) is 0 Å². The number of ether oxygens (including phenoxy) is 1. The van der Waals surface area contributed by atoms with Crippen LogP contribution in [0.15, 0.2) is 30.5 Å². The number of aromatic nitrogens is 3. The Labute approximate surface area is 226 Å². The molecule has 0 saturated carbocycles. The number of nitrogens with zero attached hydrogens (tertiary/aromatic N) is 5. The van der Waals surface area contributed by atoms with Crippen molar-refractivity contribution in [1.82, 2.24) is 19.9 Å². The van der Waals surface area contributed by atoms with Crippen molar-refractivity contribution >= 4 is 51.3 Å². The number of nitrogens with one attached hydrogen (secondary N) is 2. The highest BCUT2D eigenvalue weighted by Crippen LogP contribution is 2.26. The topological polar surface area (TPSA) is 122 Å². The molecule has 2 aromatic heterocycles. The fraction of sp³-hybridized carbons (Fsp3) is 0.440. The number of nitrogens with two attached hydrogens (primary N) is 1. The first kappa shape index (κ1) is 27.2. The first-order chi connectivity index (χ1) is 17.9. The summed E-state index contributed by atoms with van der Waals surface area (Å²) in [5.74, 6) is 1.94. The van der Waals surface area contributed by atoms with E-state index in [0.717, 1.165) is 63.7 Å². The Bertz CT molecular complexity index is 1200. The number of aryl methyl sites for hydroxylation is 2. The van der Waals surface area contributed by atoms with Crippen LogP contribution in [0.3, 0.4) is 0 Å². The summed E-state index contributed by atoms with van der Waals surface area (Å²) in [5.41, 5.74) is 7.09. The third-order valence-corrected chi connectivity index (χ3v) is 7.28. The van der Waals surface area contributed by atoms with E-state index in [4.69, 9.17) is 22.1 Å². The molecular formula is C25H33ClN8O2S. The van der Waals surface area contributed by atoms with Gasteiger partial charge in [-0.2, -0.15) is 0 Å². The van der Waals surface area contributed by atoms with E-state index >= 15 is 0 Å². The zero-order valence-corrected chi connectivity index (χ0v) is 22.7. The molecule has 1 amide bonds. The molecular weight excluding hydrogens is 512 g/mol. The predicted molar refractivity (Wildman–Crippen MR) is 149 cm³/mol. The molecule has 3 heterocycles. The number of hydrogen-bond donors (Lipinski definition) is 3. The summed E-state index contributed by atoms with van der Waals surface area (Å²) in [7, 11) is 0. The zero-order chi connectivity index (χ0) is 26.2. The maximum Gasteiger partial charge on any atom is 0.267 e. The van der Waals surface area contributed by atoms with Crippen LogP contribution in [0.25, 0.3) is 0 Å². The maximum absolute atomic E-state index is 12.7. The number of thiazole rings is 1. The minimum Gasteiger partial charge on any atom is -0.380 e. The zero-order valence-electron chi connectivity index (χ0n) is 21.2. The van der Waals surface area contributed by atoms with E-state index in [2.05, 4.69) is 35.4 Å². The average molecular weight is 545 g/mol. The van der Waals surface area contributed by atoms with Crippen LogP contribution >= 0.6 is 22.9 Å². The highest BCUT2D eigenvalue weighted by molar-refractivity contribution is 7.17. The van der Waals surface area contributed by atoms with E-state index < -0.39 is 0 Å². The summed E-state index contributed by atoms with van der Waals surface area (Å²) < 4.78 is 5.63. The molecule has 10 nitrogen and oxygen atoms in total. The van der Waals surface area contributed by atoms with Crippen LogP contribution in [-0.2, 0) is 4.74 Å². The highest BCUT2D eigenvalue weighted by Gasteiger charge is 2.19. The number of benzene rings is 1. The van der Waals surface area contributed by atoms with Crippen LogP contribution in [-0.4, -0.2) is 78.2 Å². The number of rotatable bonds is 11. The monoisotopic (exact) mass is 544 g/mol. The molecule has 4 rings (SSSR count). The second kappa shape index (κ2) is 13.1. The van der Waals surface area contributed by atoms with Gasteiger partial charge in [0.15, 0.2) is 5.13 Å². The van der Waals surface area contributed by atoms with Gasteiger partial charge >= 0.3 is 0 Å². The molecule has 3 aromatic rings. The lowest BCUT2D eigenvalue weighted by molar-refractivity contribution is 0.101. The molecule has 1 aliphatic heterocycles. The Hall–Kier alpha value is -2.83. The standard InChI is InChI=1S/C25H33ClN8O2S/c1-17-4-5-19(14-20(17)26)31-24(35)21-16-28-25(37-21)32-22-15-23(30-18(2)29-22)34-9-7-33(8-10-34)11-13-36-12-3-6-27/h4-5,14-16H,3,6-13,27H2,1-2H3,(H,31,35)(H,28,29,30,32). The van der Waals surface area contributed by atoms with Gasteiger partial charge in [0.25, 0.3) is 5.91 Å². The van der Waals surface area contributed by atoms with Crippen molar-refractivity contribution in [2.24, 2.45) is 5.73 Å². The fourth-order valence-electron chi connectivity index (χ4n) is 3.87. The minimum atomic E-state index is -0.243. The van der Waals surface area contributed by atoms with Crippen molar-refractivity contribution in [1.29, 1.82) is 0 Å². The second-order valence-electron chi connectivity index (χ2n) is 8.81. The first-order valence-corrected chi connectivity index (χ1v) is 13.5. The van der Waals surface area contributed by atoms with Crippen molar-refractivity contribution < 1.29 is 9.53 Å². The van der Waals surface area contributed by atoms with Gasteiger partial charge in [-0.05, 0) is 44.5 Å². The van der Waals surface area contributed by atoms with E-state index in [1.807, 2.05) is 32.0 Å². The van der Waals surface area contributed by atoms with E-state index in [-0.39, 0.29) is 5.91 Å². The number of halogens is 1. The normalized spacial score (nSPS) is 14.1. The summed E-state index contributed by atoms with van der Waals surface area (Å²) in [6.07, 6.45) is 2.45. The smallest absolute Gasteiger partial charge is 0.267 e. The van der Waals surface area contributed by atoms with Gasteiger partial charge in [0, 0.05) is 56.1 Å². The van der Waals surface area contributed by atoms with E-state index in [1.165, 1.54) is 11.3 Å². The molecule has 0 bridgehead atoms. The van der Waals surface area contributed by atoms with Crippen molar-refractivity contribution in [2.75, 3.05) is 68.0 Å². The van der Waals surface area contributed by atoms with Crippen molar-refractivity contribution in [3.8, 4) is 0 Å². The summed E-state index contributed by atoms with van der Waals surface area (Å²) >= 11 is 7.42. The Morgan fingerprint density at radius 3 is 2.73 bits per heavy atom. The maximum atomic E-state index is 12.7. The molecule has 0 spiro atoms. The van der Waals surface area contributed by atoms with Crippen LogP contribution in [0.1, 0.15) is 27.5 Å². The first-order valence-electron chi connectivity index (χ1n) is 12.3. The lowest BCUT2D eigenvalue weighted by Gasteiger charge is -2.35. The molecule has 0 atom stereocenters. The fourth-order valence-corrected chi connectivity index (χ4v) is 4.77. The van der Waals surface area contributed by atoms with Gasteiger partial charge in [-0.3, -0.25) is 9.69 Å². The van der Waals surface area contributed by atoms with Gasteiger partial charge in [-0.15, -0.1) is 0 Å². The number of piperazine rings is 1. The van der Waals surface area contributed by atoms with E-state index in [1.54, 1.807) is 12.3 Å². The van der Waals surface area contributed by atoms with Gasteiger partial charge in [-0.25, -0.2) is 15.0 Å². The molecule has 37 heavy (non-hydrogen) atoms. The Morgan fingerprint density at radius 2 is 1.97 bits per heavy atom. The van der Waals surface area contributed by atoms with Crippen molar-refractivity contribution in [2.45, 2.75) is 20.3 Å². The molecule has 12 heteroatoms. The molecule has 1 aromatic carbocycles. The Morgan fingerprint density at radius 1 is 1.16 bits per heavy atom. The summed E-state index contributed by atoms with van der Waals surface area (Å²) in [6.45, 7) is 10.5. The minimum absolute atomic E-state index is 0.243. The van der Waals surface area contributed by atoms with Crippen LogP contribution in [0.4, 0.5) is 22.5 Å².